The maximum atomic E-state index is 4.03. The maximum absolute atomic E-state index is 4.03. The fraction of sp³-hybridized carbons (Fsp3) is 0.545. The summed E-state index contributed by atoms with van der Waals surface area (Å²) in [6.07, 6.45) is 1.99. The summed E-state index contributed by atoms with van der Waals surface area (Å²) < 4.78 is 0. The van der Waals surface area contributed by atoms with Crippen molar-refractivity contribution in [2.75, 3.05) is 26.2 Å². The lowest BCUT2D eigenvalue weighted by Gasteiger charge is -2.57. The van der Waals surface area contributed by atoms with Gasteiger partial charge in [-0.15, -0.1) is 0 Å². The number of nitrogens with one attached hydrogen (secondary N) is 1. The van der Waals surface area contributed by atoms with Gasteiger partial charge in [0.05, 0.1) is 0 Å². The first kappa shape index (κ1) is 9.46. The van der Waals surface area contributed by atoms with Crippen LogP contribution in [-0.4, -0.2) is 37.8 Å². The minimum atomic E-state index is 0.562. The molecule has 0 bridgehead atoms. The third-order valence-electron chi connectivity index (χ3n) is 3.08. The fourth-order valence-electron chi connectivity index (χ4n) is 2.05. The van der Waals surface area contributed by atoms with Crippen molar-refractivity contribution in [1.82, 2.24) is 10.2 Å². The Hall–Kier alpha value is -1.09. The van der Waals surface area contributed by atoms with E-state index in [0.29, 0.717) is 5.41 Å². The summed E-state index contributed by atoms with van der Waals surface area (Å²) in [5.74, 6) is 0. The Kier molecular flexibility index (Phi) is 2.19. The maximum Gasteiger partial charge on any atom is 0.0385 e. The van der Waals surface area contributed by atoms with Gasteiger partial charge in [-0.1, -0.05) is 6.58 Å². The topological polar surface area (TPSA) is 27.6 Å². The van der Waals surface area contributed by atoms with Gasteiger partial charge in [0.25, 0.3) is 0 Å². The van der Waals surface area contributed by atoms with Gasteiger partial charge in [-0.05, 0) is 19.7 Å². The minimum Gasteiger partial charge on any atom is -0.371 e. The summed E-state index contributed by atoms with van der Waals surface area (Å²) in [6.45, 7) is 14.1. The molecule has 3 nitrogen and oxygen atoms in total. The molecule has 0 aromatic rings. The molecule has 0 atom stereocenters. The van der Waals surface area contributed by atoms with E-state index in [0.717, 1.165) is 24.5 Å². The molecular weight excluding hydrogens is 174 g/mol. The molecule has 0 saturated carbocycles. The van der Waals surface area contributed by atoms with Gasteiger partial charge in [0.1, 0.15) is 0 Å². The molecule has 2 fully saturated rings. The molecule has 1 spiro atoms. The van der Waals surface area contributed by atoms with Crippen LogP contribution >= 0.6 is 0 Å². The average molecular weight is 191 g/mol. The first-order valence-corrected chi connectivity index (χ1v) is 4.95. The molecule has 0 radical (unpaired) electrons. The van der Waals surface area contributed by atoms with Crippen LogP contribution in [0.1, 0.15) is 6.92 Å². The summed E-state index contributed by atoms with van der Waals surface area (Å²) in [5, 5.41) is 3.32. The summed E-state index contributed by atoms with van der Waals surface area (Å²) in [7, 11) is 0. The number of nitrogens with zero attached hydrogens (tertiary/aromatic N) is 2. The number of rotatable bonds is 3. The first-order chi connectivity index (χ1) is 6.65. The summed E-state index contributed by atoms with van der Waals surface area (Å²) in [6, 6.07) is 0. The Morgan fingerprint density at radius 3 is 2.57 bits per heavy atom. The number of aliphatic imine (C=N–C) groups is 1. The second-order valence-corrected chi connectivity index (χ2v) is 4.39. The second kappa shape index (κ2) is 3.24. The molecular formula is C11H17N3. The van der Waals surface area contributed by atoms with Gasteiger partial charge in [0, 0.05) is 43.0 Å². The van der Waals surface area contributed by atoms with Crippen LogP contribution in [-0.2, 0) is 0 Å². The van der Waals surface area contributed by atoms with Crippen molar-refractivity contribution in [1.29, 1.82) is 0 Å². The highest BCUT2D eigenvalue weighted by Gasteiger charge is 2.47. The quantitative estimate of drug-likeness (QED) is 0.532. The molecule has 2 aliphatic rings. The largest absolute Gasteiger partial charge is 0.371 e. The molecule has 2 rings (SSSR count). The Morgan fingerprint density at radius 2 is 2.14 bits per heavy atom. The number of hydrogen-bond donors (Lipinski definition) is 1. The third kappa shape index (κ3) is 1.48. The Morgan fingerprint density at radius 1 is 1.50 bits per heavy atom. The minimum absolute atomic E-state index is 0.562. The van der Waals surface area contributed by atoms with Crippen molar-refractivity contribution in [3.05, 3.63) is 24.0 Å². The summed E-state index contributed by atoms with van der Waals surface area (Å²) in [5.41, 5.74) is 2.56. The zero-order valence-corrected chi connectivity index (χ0v) is 8.71. The fourth-order valence-corrected chi connectivity index (χ4v) is 2.05. The van der Waals surface area contributed by atoms with Gasteiger partial charge in [-0.3, -0.25) is 4.99 Å². The molecule has 2 aliphatic heterocycles. The van der Waals surface area contributed by atoms with Crippen LogP contribution in [0.5, 0.6) is 0 Å². The van der Waals surface area contributed by atoms with Crippen molar-refractivity contribution in [3.63, 3.8) is 0 Å². The van der Waals surface area contributed by atoms with Crippen LogP contribution in [0.3, 0.4) is 0 Å². The van der Waals surface area contributed by atoms with E-state index in [4.69, 9.17) is 0 Å². The molecule has 0 aromatic carbocycles. The van der Waals surface area contributed by atoms with Crippen LogP contribution in [0, 0.1) is 5.41 Å². The molecule has 14 heavy (non-hydrogen) atoms. The molecule has 2 saturated heterocycles. The lowest BCUT2D eigenvalue weighted by molar-refractivity contribution is -0.0135. The Bertz CT molecular complexity index is 292. The van der Waals surface area contributed by atoms with Crippen LogP contribution in [0.4, 0.5) is 0 Å². The molecule has 0 aliphatic carbocycles. The molecule has 2 heterocycles. The molecule has 0 amide bonds. The predicted octanol–water partition coefficient (Wildman–Crippen LogP) is 1.01. The summed E-state index contributed by atoms with van der Waals surface area (Å²) >= 11 is 0. The molecule has 3 heteroatoms. The smallest absolute Gasteiger partial charge is 0.0385 e. The van der Waals surface area contributed by atoms with Crippen LogP contribution < -0.4 is 5.32 Å². The average Bonchev–Trinajstić information content (AvgIpc) is 1.98. The number of hydrogen-bond acceptors (Lipinski definition) is 3. The van der Waals surface area contributed by atoms with Crippen molar-refractivity contribution in [2.24, 2.45) is 10.4 Å². The standard InChI is InChI=1S/C11H17N3/c1-9(12-3)4-10(2)14-7-11(8-14)5-13-6-11/h4,13H,2-3,5-8H2,1H3/b9-4-. The monoisotopic (exact) mass is 191 g/mol. The van der Waals surface area contributed by atoms with Crippen molar-refractivity contribution in [3.8, 4) is 0 Å². The first-order valence-electron chi connectivity index (χ1n) is 4.95. The van der Waals surface area contributed by atoms with Crippen LogP contribution in [0.2, 0.25) is 0 Å². The lowest BCUT2D eigenvalue weighted by Crippen LogP contribution is -2.70. The molecule has 1 N–H and O–H groups in total. The van der Waals surface area contributed by atoms with Gasteiger partial charge in [-0.25, -0.2) is 0 Å². The molecule has 0 unspecified atom stereocenters. The van der Waals surface area contributed by atoms with E-state index in [9.17, 15) is 0 Å². The van der Waals surface area contributed by atoms with Gasteiger partial charge < -0.3 is 10.2 Å². The van der Waals surface area contributed by atoms with Gasteiger partial charge in [0.2, 0.25) is 0 Å². The third-order valence-corrected chi connectivity index (χ3v) is 3.08. The van der Waals surface area contributed by atoms with Crippen LogP contribution in [0.15, 0.2) is 29.0 Å². The van der Waals surface area contributed by atoms with Gasteiger partial charge in [-0.2, -0.15) is 0 Å². The highest BCUT2D eigenvalue weighted by Crippen LogP contribution is 2.36. The van der Waals surface area contributed by atoms with E-state index in [2.05, 4.69) is 28.5 Å². The predicted molar refractivity (Wildman–Crippen MR) is 59.3 cm³/mol. The van der Waals surface area contributed by atoms with Gasteiger partial charge >= 0.3 is 0 Å². The van der Waals surface area contributed by atoms with E-state index < -0.39 is 0 Å². The van der Waals surface area contributed by atoms with Gasteiger partial charge in [0.15, 0.2) is 0 Å². The number of allylic oxidation sites excluding steroid dienone is 2. The van der Waals surface area contributed by atoms with E-state index in [1.165, 1.54) is 13.1 Å². The van der Waals surface area contributed by atoms with Crippen molar-refractivity contribution < 1.29 is 0 Å². The molecule has 76 valence electrons. The zero-order valence-electron chi connectivity index (χ0n) is 8.71. The lowest BCUT2D eigenvalue weighted by atomic mass is 9.74. The zero-order chi connectivity index (χ0) is 10.2. The highest BCUT2D eigenvalue weighted by molar-refractivity contribution is 5.31. The van der Waals surface area contributed by atoms with E-state index in [1.807, 2.05) is 13.0 Å². The highest BCUT2D eigenvalue weighted by atomic mass is 15.3. The van der Waals surface area contributed by atoms with Crippen LogP contribution in [0.25, 0.3) is 0 Å². The normalized spacial score (nSPS) is 24.1. The van der Waals surface area contributed by atoms with E-state index >= 15 is 0 Å². The van der Waals surface area contributed by atoms with Crippen molar-refractivity contribution in [2.45, 2.75) is 6.92 Å². The second-order valence-electron chi connectivity index (χ2n) is 4.39. The van der Waals surface area contributed by atoms with E-state index in [-0.39, 0.29) is 0 Å². The summed E-state index contributed by atoms with van der Waals surface area (Å²) in [4.78, 5) is 6.15. The van der Waals surface area contributed by atoms with Crippen molar-refractivity contribution >= 4 is 6.72 Å². The van der Waals surface area contributed by atoms with E-state index in [1.54, 1.807) is 0 Å². The SMILES string of the molecule is C=N/C(C)=C\C(=C)N1CC2(CNC2)C1. The Balaban J connectivity index is 1.87. The molecule has 0 aromatic heterocycles. The number of likely N-dealkylation sites (tertiary alicyclic amines) is 1. The Labute approximate surface area is 85.2 Å².